The van der Waals surface area contributed by atoms with Gasteiger partial charge in [-0.15, -0.1) is 0 Å². The van der Waals surface area contributed by atoms with Gasteiger partial charge in [-0.3, -0.25) is 9.97 Å². The van der Waals surface area contributed by atoms with Crippen molar-refractivity contribution in [1.82, 2.24) is 49.4 Å². The zero-order valence-corrected chi connectivity index (χ0v) is 62.2. The molecule has 8 bridgehead atoms. The number of ether oxygens (including phenoxy) is 8. The van der Waals surface area contributed by atoms with Crippen molar-refractivity contribution in [2.45, 2.75) is 158 Å². The number of H-pyrrole nitrogens is 1. The van der Waals surface area contributed by atoms with Gasteiger partial charge in [-0.1, -0.05) is 155 Å². The highest BCUT2D eigenvalue weighted by molar-refractivity contribution is 6.24. The lowest BCUT2D eigenvalue weighted by atomic mass is 9.95. The third kappa shape index (κ3) is 13.0. The normalized spacial score (nSPS) is 12.0. The molecule has 0 spiro atoms. The third-order valence-corrected chi connectivity index (χ3v) is 20.0. The molecule has 18 nitrogen and oxygen atoms in total. The molecule has 2 aliphatic rings. The fraction of sp³-hybridized carbons (Fsp3) is 0.379. The lowest BCUT2D eigenvalue weighted by molar-refractivity contribution is 0.308. The van der Waals surface area contributed by atoms with Gasteiger partial charge in [0.1, 0.15) is 68.1 Å². The molecule has 0 saturated heterocycles. The Morgan fingerprint density at radius 3 is 0.962 bits per heavy atom. The van der Waals surface area contributed by atoms with E-state index in [-0.39, 0.29) is 0 Å². The molecular weight excluding hydrogens is 1310 g/mol. The van der Waals surface area contributed by atoms with Gasteiger partial charge in [-0.2, -0.15) is 0 Å². The van der Waals surface area contributed by atoms with Gasteiger partial charge in [-0.25, -0.2) is 29.9 Å². The molecule has 540 valence electrons. The summed E-state index contributed by atoms with van der Waals surface area (Å²) < 4.78 is 60.2. The average Bonchev–Trinajstić information content (AvgIpc) is 1.55. The molecule has 0 fully saturated rings. The van der Waals surface area contributed by atoms with Crippen LogP contribution in [-0.2, 0) is 7.05 Å². The summed E-state index contributed by atoms with van der Waals surface area (Å²) in [5, 5.41) is 11.7. The number of unbranched alkanes of at least 4 members (excludes halogenated alkanes) is 8. The topological polar surface area (TPSA) is 198 Å². The molecule has 0 saturated carbocycles. The lowest BCUT2D eigenvalue weighted by Crippen LogP contribution is -2.04. The number of nitrogens with one attached hydrogen (secondary N) is 1. The first-order valence-corrected chi connectivity index (χ1v) is 38.5. The SMILES string of the molecule is CCCCOc1c2c(c(OCCCC)c3cc4ccccc4cc13)-c1nc-2nc2[nH]c(nc3nc(nc4c5c(OCCCC)c6cccnc6c(OCCCC)c5c(n1)n4C)-c1c-3c(OCCCC)c3cccnc3c1OCCCC)c1c(OCCCC)c3cc4ccccc4cc3c(OCCCC)c21. The second-order valence-electron chi connectivity index (χ2n) is 27.5. The van der Waals surface area contributed by atoms with Crippen molar-refractivity contribution in [1.29, 1.82) is 0 Å². The molecule has 0 unspecified atom stereocenters. The zero-order chi connectivity index (χ0) is 72.1. The summed E-state index contributed by atoms with van der Waals surface area (Å²) in [4.78, 5) is 49.8. The molecule has 13 aromatic rings. The Balaban J connectivity index is 1.24. The van der Waals surface area contributed by atoms with Crippen molar-refractivity contribution < 1.29 is 37.9 Å². The van der Waals surface area contributed by atoms with Gasteiger partial charge in [0.05, 0.1) is 96.7 Å². The molecule has 0 radical (unpaired) electrons. The molecule has 0 atom stereocenters. The predicted molar refractivity (Wildman–Crippen MR) is 425 cm³/mol. The van der Waals surface area contributed by atoms with Crippen LogP contribution in [0.2, 0.25) is 0 Å². The number of hydrogen-bond donors (Lipinski definition) is 1. The number of aromatic amines is 1. The monoisotopic (exact) mass is 1410 g/mol. The summed E-state index contributed by atoms with van der Waals surface area (Å²) in [6.07, 6.45) is 17.1. The Kier molecular flexibility index (Phi) is 20.9. The molecule has 15 rings (SSSR count). The maximum Gasteiger partial charge on any atom is 0.168 e. The van der Waals surface area contributed by atoms with Crippen molar-refractivity contribution in [2.24, 2.45) is 7.05 Å². The smallest absolute Gasteiger partial charge is 0.168 e. The number of aromatic nitrogens is 10. The van der Waals surface area contributed by atoms with Gasteiger partial charge in [-0.05, 0) is 121 Å². The Morgan fingerprint density at radius 2 is 0.581 bits per heavy atom. The number of hydrogen-bond acceptors (Lipinski definition) is 16. The lowest BCUT2D eigenvalue weighted by Gasteiger charge is -2.19. The molecule has 18 heteroatoms. The van der Waals surface area contributed by atoms with E-state index in [9.17, 15) is 0 Å². The fourth-order valence-electron chi connectivity index (χ4n) is 14.4. The van der Waals surface area contributed by atoms with Gasteiger partial charge >= 0.3 is 0 Å². The van der Waals surface area contributed by atoms with Crippen LogP contribution in [0.25, 0.3) is 155 Å². The molecule has 0 aliphatic carbocycles. The Morgan fingerprint density at radius 1 is 0.295 bits per heavy atom. The first kappa shape index (κ1) is 70.1. The van der Waals surface area contributed by atoms with Gasteiger partial charge < -0.3 is 47.4 Å². The number of nitrogens with zero attached hydrogens (tertiary/aromatic N) is 9. The molecule has 5 aromatic heterocycles. The highest BCUT2D eigenvalue weighted by Crippen LogP contribution is 2.57. The van der Waals surface area contributed by atoms with E-state index >= 15 is 0 Å². The first-order chi connectivity index (χ1) is 51.7. The second kappa shape index (κ2) is 31.4. The highest BCUT2D eigenvalue weighted by atomic mass is 16.5. The van der Waals surface area contributed by atoms with Gasteiger partial charge in [0, 0.05) is 51.8 Å². The van der Waals surface area contributed by atoms with Crippen molar-refractivity contribution in [3.05, 3.63) is 109 Å². The first-order valence-electron chi connectivity index (χ1n) is 38.5. The number of aryl methyl sites for hydroxylation is 1. The van der Waals surface area contributed by atoms with Crippen LogP contribution in [0.4, 0.5) is 0 Å². The standard InChI is InChI=1S/C87H94N10O8/c1-10-18-40-98-72-56-36-30-38-88-70(56)78(104-46-24-16-7)67-66(72)83-92-81-63-62(74(100-42-20-12-3)58-48-52-32-26-27-33-53(52)49-59(58)75(63)101-43-21-13-4)80(90-81)91-82-64-65(77(103-45-23-15-6)61-51-55-35-29-28-34-54(55)50-60(61)76(64)102-44-22-14-5)84(93-82)95-87-69-68(86(97(87)9)96-85(67)94-83)73(99-41-19-11-2)57-37-31-39-89-71(57)79(69)105-47-25-17-8/h26-39,48-51H,10-25,40-47H2,1-9H3,(H,90,91,92,93,94,95,96). The Labute approximate surface area is 612 Å². The van der Waals surface area contributed by atoms with Crippen LogP contribution >= 0.6 is 0 Å². The fourth-order valence-corrected chi connectivity index (χ4v) is 14.4. The van der Waals surface area contributed by atoms with Crippen LogP contribution < -0.4 is 37.9 Å². The van der Waals surface area contributed by atoms with E-state index in [1.807, 2.05) is 36.0 Å². The van der Waals surface area contributed by atoms with E-state index in [0.717, 1.165) is 157 Å². The van der Waals surface area contributed by atoms with E-state index in [1.54, 1.807) is 6.20 Å². The van der Waals surface area contributed by atoms with E-state index < -0.39 is 0 Å². The number of fused-ring (bicyclic) bond motifs is 26. The minimum absolute atomic E-state index is 0.308. The van der Waals surface area contributed by atoms with Crippen LogP contribution in [0.3, 0.4) is 0 Å². The van der Waals surface area contributed by atoms with Gasteiger partial charge in [0.2, 0.25) is 0 Å². The van der Waals surface area contributed by atoms with Crippen LogP contribution in [0.1, 0.15) is 158 Å². The largest absolute Gasteiger partial charge is 0.492 e. The Bertz CT molecular complexity index is 5630. The summed E-state index contributed by atoms with van der Waals surface area (Å²) in [6, 6.07) is 33.8. The second-order valence-corrected chi connectivity index (χ2v) is 27.5. The third-order valence-electron chi connectivity index (χ3n) is 20.0. The predicted octanol–water partition coefficient (Wildman–Crippen LogP) is 22.0. The Hall–Kier alpha value is -10.6. The summed E-state index contributed by atoms with van der Waals surface area (Å²) >= 11 is 0. The average molecular weight is 1410 g/mol. The number of benzene rings is 8. The number of pyridine rings is 2. The number of rotatable bonds is 32. The van der Waals surface area contributed by atoms with Crippen molar-refractivity contribution >= 4 is 109 Å². The summed E-state index contributed by atoms with van der Waals surface area (Å²) in [6.45, 7) is 20.6. The highest BCUT2D eigenvalue weighted by Gasteiger charge is 2.37. The molecular formula is C87H94N10O8. The molecule has 7 heterocycles. The van der Waals surface area contributed by atoms with Crippen molar-refractivity contribution in [3.63, 3.8) is 0 Å². The van der Waals surface area contributed by atoms with Gasteiger partial charge in [0.15, 0.2) is 34.8 Å². The minimum atomic E-state index is 0.308. The van der Waals surface area contributed by atoms with Crippen LogP contribution in [-0.4, -0.2) is 102 Å². The van der Waals surface area contributed by atoms with E-state index in [1.165, 1.54) is 0 Å². The van der Waals surface area contributed by atoms with Gasteiger partial charge in [0.25, 0.3) is 0 Å². The van der Waals surface area contributed by atoms with Crippen LogP contribution in [0.5, 0.6) is 46.0 Å². The van der Waals surface area contributed by atoms with E-state index in [2.05, 4.69) is 139 Å². The van der Waals surface area contributed by atoms with Crippen LogP contribution in [0.15, 0.2) is 109 Å². The van der Waals surface area contributed by atoms with Crippen molar-refractivity contribution in [2.75, 3.05) is 52.9 Å². The molecule has 0 amide bonds. The molecule has 8 aromatic carbocycles. The zero-order valence-electron chi connectivity index (χ0n) is 62.2. The summed E-state index contributed by atoms with van der Waals surface area (Å²) in [5.74, 6) is 5.93. The van der Waals surface area contributed by atoms with Crippen LogP contribution in [0, 0.1) is 0 Å². The van der Waals surface area contributed by atoms with Crippen molar-refractivity contribution in [3.8, 4) is 91.5 Å². The molecule has 2 aliphatic heterocycles. The van der Waals surface area contributed by atoms with E-state index in [4.69, 9.17) is 77.8 Å². The van der Waals surface area contributed by atoms with E-state index in [0.29, 0.717) is 200 Å². The molecule has 1 N–H and O–H groups in total. The minimum Gasteiger partial charge on any atom is -0.492 e. The maximum absolute atomic E-state index is 7.35. The summed E-state index contributed by atoms with van der Waals surface area (Å²) in [5.41, 5.74) is 5.43. The summed E-state index contributed by atoms with van der Waals surface area (Å²) in [7, 11) is 1.99. The maximum atomic E-state index is 7.35. The quantitative estimate of drug-likeness (QED) is 0.0308. The molecule has 105 heavy (non-hydrogen) atoms.